The molecule has 176 valence electrons. The fourth-order valence-corrected chi connectivity index (χ4v) is 6.47. The predicted molar refractivity (Wildman–Crippen MR) is 114 cm³/mol. The van der Waals surface area contributed by atoms with Crippen molar-refractivity contribution in [2.45, 2.75) is 29.6 Å². The van der Waals surface area contributed by atoms with Gasteiger partial charge in [0, 0.05) is 23.9 Å². The van der Waals surface area contributed by atoms with Gasteiger partial charge < -0.3 is 30.1 Å². The zero-order valence-electron chi connectivity index (χ0n) is 18.0. The maximum absolute atomic E-state index is 12.7. The summed E-state index contributed by atoms with van der Waals surface area (Å²) >= 11 is 3.50. The van der Waals surface area contributed by atoms with Crippen LogP contribution >= 0.6 is 34.9 Å². The number of nitrogens with zero attached hydrogens (tertiary/aromatic N) is 5. The van der Waals surface area contributed by atoms with E-state index in [9.17, 15) is 29.8 Å². The second kappa shape index (κ2) is 10.8. The Bertz CT molecular complexity index is 1220. The Morgan fingerprint density at radius 1 is 1.41 bits per heavy atom. The number of carboxylic acids is 1. The van der Waals surface area contributed by atoms with Gasteiger partial charge in [-0.3, -0.25) is 19.9 Å². The van der Waals surface area contributed by atoms with Crippen LogP contribution in [-0.4, -0.2) is 75.4 Å². The summed E-state index contributed by atoms with van der Waals surface area (Å²) in [6.45, 7) is -0.279. The van der Waals surface area contributed by atoms with Crippen molar-refractivity contribution < 1.29 is 59.4 Å². The Labute approximate surface area is 227 Å². The van der Waals surface area contributed by atoms with Gasteiger partial charge in [-0.2, -0.15) is 4.73 Å². The third kappa shape index (κ3) is 4.93. The van der Waals surface area contributed by atoms with E-state index in [4.69, 9.17) is 5.41 Å². The van der Waals surface area contributed by atoms with Crippen LogP contribution < -0.4 is 44.8 Å². The van der Waals surface area contributed by atoms with E-state index in [1.54, 1.807) is 11.6 Å². The number of thioether (sulfide) groups is 2. The van der Waals surface area contributed by atoms with Gasteiger partial charge in [-0.25, -0.2) is 0 Å². The molecule has 17 heteroatoms. The number of hydrogen-bond acceptors (Lipinski definition) is 12. The van der Waals surface area contributed by atoms with Gasteiger partial charge >= 0.3 is 29.6 Å². The molecule has 2 aliphatic heterocycles. The molecule has 2 aliphatic rings. The monoisotopic (exact) mass is 535 g/mol. The maximum atomic E-state index is 12.7. The van der Waals surface area contributed by atoms with Crippen molar-refractivity contribution in [3.05, 3.63) is 33.0 Å². The molecular formula is C17H18N7NaO6S3. The third-order valence-electron chi connectivity index (χ3n) is 5.11. The number of hydrogen-bond donors (Lipinski definition) is 4. The summed E-state index contributed by atoms with van der Waals surface area (Å²) in [5.41, 5.74) is 0.483. The van der Waals surface area contributed by atoms with Crippen molar-refractivity contribution >= 4 is 52.6 Å². The number of β-lactam (4-membered cyclic amide) rings is 1. The molecule has 2 atom stereocenters. The third-order valence-corrected chi connectivity index (χ3v) is 8.34. The average molecular weight is 536 g/mol. The molecule has 0 radical (unpaired) electrons. The fourth-order valence-electron chi connectivity index (χ4n) is 3.40. The Balaban J connectivity index is 0.00000324. The number of carboxylic acid groups (broad SMARTS) is 1. The molecule has 0 spiro atoms. The van der Waals surface area contributed by atoms with Gasteiger partial charge in [0.2, 0.25) is 10.7 Å². The largest absolute Gasteiger partial charge is 1.00 e. The van der Waals surface area contributed by atoms with Gasteiger partial charge in [0.1, 0.15) is 18.0 Å². The van der Waals surface area contributed by atoms with Crippen LogP contribution in [0.25, 0.3) is 0 Å². The van der Waals surface area contributed by atoms with Crippen molar-refractivity contribution in [2.75, 3.05) is 11.5 Å². The number of aliphatic carboxylic acids is 1. The zero-order valence-corrected chi connectivity index (χ0v) is 22.5. The molecule has 1 saturated heterocycles. The van der Waals surface area contributed by atoms with E-state index in [0.29, 0.717) is 27.0 Å². The van der Waals surface area contributed by atoms with E-state index in [1.165, 1.54) is 28.9 Å². The summed E-state index contributed by atoms with van der Waals surface area (Å²) in [6.07, 6.45) is -0.231. The molecule has 0 aliphatic carbocycles. The van der Waals surface area contributed by atoms with Crippen LogP contribution in [0.4, 0.5) is 0 Å². The van der Waals surface area contributed by atoms with Crippen molar-refractivity contribution in [3.63, 3.8) is 0 Å². The molecule has 34 heavy (non-hydrogen) atoms. The molecular weight excluding hydrogens is 517 g/mol. The standard InChI is InChI=1S/C17H19N7O6S3.Na/c1-22-9(3-25)20-21-17(22)33-5-7-4-31-14-11(13(27)23(14)12(7)15(28)29)19-10(26)2-8-6-32-16(18)24(8)30;/h6,11,14,18,25,30H,2-5H2,1H3,(H,19,26)(H,28,29);/q;+1/p-1/t11?,14-;/m0./s1. The molecule has 2 aromatic heterocycles. The minimum atomic E-state index is -1.48. The van der Waals surface area contributed by atoms with E-state index in [-0.39, 0.29) is 64.5 Å². The topological polar surface area (TPSA) is 189 Å². The Kier molecular flexibility index (Phi) is 8.54. The molecule has 13 nitrogen and oxygen atoms in total. The van der Waals surface area contributed by atoms with E-state index < -0.39 is 29.2 Å². The summed E-state index contributed by atoms with van der Waals surface area (Å²) < 4.78 is 2.19. The number of amides is 2. The molecule has 2 amide bonds. The van der Waals surface area contributed by atoms with E-state index in [2.05, 4.69) is 15.5 Å². The zero-order chi connectivity index (χ0) is 23.9. The molecule has 4 rings (SSSR count). The number of carbonyl (C=O) groups is 3. The Morgan fingerprint density at radius 2 is 2.15 bits per heavy atom. The summed E-state index contributed by atoms with van der Waals surface area (Å²) in [5.74, 6) is -1.67. The van der Waals surface area contributed by atoms with Crippen molar-refractivity contribution in [1.82, 2.24) is 29.7 Å². The number of aliphatic hydroxyl groups is 1. The van der Waals surface area contributed by atoms with Crippen LogP contribution in [0.1, 0.15) is 11.5 Å². The minimum Gasteiger partial charge on any atom is -0.543 e. The van der Waals surface area contributed by atoms with Crippen molar-refractivity contribution in [1.29, 1.82) is 5.41 Å². The quantitative estimate of drug-likeness (QED) is 0.110. The maximum Gasteiger partial charge on any atom is 1.00 e. The molecule has 0 saturated carbocycles. The smallest absolute Gasteiger partial charge is 0.543 e. The van der Waals surface area contributed by atoms with Gasteiger partial charge in [-0.1, -0.05) is 11.8 Å². The van der Waals surface area contributed by atoms with Gasteiger partial charge in [0.15, 0.2) is 11.0 Å². The Hall–Kier alpha value is -1.82. The molecule has 1 fully saturated rings. The van der Waals surface area contributed by atoms with Gasteiger partial charge in [-0.05, 0) is 5.57 Å². The number of fused-ring (bicyclic) bond motifs is 1. The first-order valence-electron chi connectivity index (χ1n) is 9.45. The average Bonchev–Trinajstić information content (AvgIpc) is 3.31. The van der Waals surface area contributed by atoms with Crippen LogP contribution in [-0.2, 0) is 34.5 Å². The number of thiazole rings is 1. The second-order valence-electron chi connectivity index (χ2n) is 7.12. The molecule has 0 bridgehead atoms. The predicted octanol–water partition coefficient (Wildman–Crippen LogP) is -5.37. The summed E-state index contributed by atoms with van der Waals surface area (Å²) in [4.78, 5) is 37.9. The summed E-state index contributed by atoms with van der Waals surface area (Å²) in [6, 6.07) is -0.904. The van der Waals surface area contributed by atoms with Gasteiger partial charge in [0.05, 0.1) is 23.8 Å². The van der Waals surface area contributed by atoms with Gasteiger partial charge in [-0.15, -0.1) is 33.3 Å². The number of aliphatic hydroxyl groups excluding tert-OH is 1. The number of carbonyl (C=O) groups excluding carboxylic acids is 3. The number of aromatic nitrogens is 4. The van der Waals surface area contributed by atoms with Gasteiger partial charge in [0.25, 0.3) is 5.91 Å². The van der Waals surface area contributed by atoms with Crippen molar-refractivity contribution in [3.8, 4) is 0 Å². The SMILES string of the molecule is Cn1c(CO)nnc1SCC1=C(C(=O)[O-])N2C(=O)C(NC(=O)Cc3csc(=N)n3O)[C@@H]2SC1.[Na+]. The van der Waals surface area contributed by atoms with Crippen LogP contribution in [0.2, 0.25) is 0 Å². The van der Waals surface area contributed by atoms with Crippen molar-refractivity contribution in [2.24, 2.45) is 7.05 Å². The second-order valence-corrected chi connectivity index (χ2v) is 10.0. The first-order valence-corrected chi connectivity index (χ1v) is 12.4. The van der Waals surface area contributed by atoms with E-state index in [1.807, 2.05) is 0 Å². The van der Waals surface area contributed by atoms with Crippen LogP contribution in [0.3, 0.4) is 0 Å². The Morgan fingerprint density at radius 3 is 2.74 bits per heavy atom. The van der Waals surface area contributed by atoms with Crippen LogP contribution in [0.5, 0.6) is 0 Å². The minimum absolute atomic E-state index is 0. The van der Waals surface area contributed by atoms with Crippen LogP contribution in [0, 0.1) is 5.41 Å². The van der Waals surface area contributed by atoms with Crippen LogP contribution in [0.15, 0.2) is 21.8 Å². The molecule has 4 N–H and O–H groups in total. The molecule has 1 unspecified atom stereocenters. The first kappa shape index (κ1) is 26.8. The van der Waals surface area contributed by atoms with E-state index in [0.717, 1.165) is 16.2 Å². The molecule has 2 aromatic rings. The molecule has 4 heterocycles. The normalized spacial score (nSPS) is 19.4. The summed E-state index contributed by atoms with van der Waals surface area (Å²) in [5, 5.41) is 50.0. The summed E-state index contributed by atoms with van der Waals surface area (Å²) in [7, 11) is 1.68. The first-order chi connectivity index (χ1) is 15.7. The number of nitrogens with one attached hydrogen (secondary N) is 2. The fraction of sp³-hybridized carbons (Fsp3) is 0.412. The molecule has 0 aromatic carbocycles. The number of rotatable bonds is 8. The van der Waals surface area contributed by atoms with E-state index >= 15 is 0 Å².